The number of hydrogen-bond donors (Lipinski definition) is 2. The molecule has 1 aromatic carbocycles. The summed E-state index contributed by atoms with van der Waals surface area (Å²) in [6.45, 7) is 1.89. The lowest BCUT2D eigenvalue weighted by molar-refractivity contribution is -0.125. The van der Waals surface area contributed by atoms with E-state index in [1.54, 1.807) is 30.3 Å². The zero-order valence-corrected chi connectivity index (χ0v) is 15.4. The van der Waals surface area contributed by atoms with Crippen molar-refractivity contribution in [3.63, 3.8) is 0 Å². The second kappa shape index (κ2) is 6.75. The second-order valence-corrected chi connectivity index (χ2v) is 7.36. The number of nitrogens with one attached hydrogen (secondary N) is 2. The van der Waals surface area contributed by atoms with Crippen molar-refractivity contribution in [1.29, 1.82) is 0 Å². The number of thiophene rings is 1. The largest absolute Gasteiger partial charge is 0.350 e. The normalized spacial score (nSPS) is 17.3. The Kier molecular flexibility index (Phi) is 4.69. The highest BCUT2D eigenvalue weighted by molar-refractivity contribution is 7.80. The molecule has 24 heavy (non-hydrogen) atoms. The van der Waals surface area contributed by atoms with Crippen LogP contribution in [0.4, 0.5) is 0 Å². The first kappa shape index (κ1) is 16.7. The van der Waals surface area contributed by atoms with Gasteiger partial charge < -0.3 is 15.5 Å². The van der Waals surface area contributed by atoms with Gasteiger partial charge in [-0.3, -0.25) is 4.79 Å². The SMILES string of the molecule is CC1=C(C(=O)N(C)C)C(c2ccc(-c3ccccc3)s2)NC(=S)N1. The third-order valence-electron chi connectivity index (χ3n) is 3.88. The van der Waals surface area contributed by atoms with Gasteiger partial charge in [0.25, 0.3) is 5.91 Å². The number of benzene rings is 1. The van der Waals surface area contributed by atoms with Crippen LogP contribution in [0.1, 0.15) is 17.8 Å². The molecule has 1 atom stereocenters. The molecule has 0 spiro atoms. The van der Waals surface area contributed by atoms with Gasteiger partial charge in [-0.1, -0.05) is 30.3 Å². The van der Waals surface area contributed by atoms with Gasteiger partial charge in [0.1, 0.15) is 0 Å². The number of hydrogen-bond acceptors (Lipinski definition) is 3. The van der Waals surface area contributed by atoms with Crippen LogP contribution in [0, 0.1) is 0 Å². The van der Waals surface area contributed by atoms with Crippen LogP contribution in [0.2, 0.25) is 0 Å². The molecule has 1 amide bonds. The van der Waals surface area contributed by atoms with Crippen LogP contribution in [0.5, 0.6) is 0 Å². The van der Waals surface area contributed by atoms with E-state index < -0.39 is 0 Å². The molecule has 0 fully saturated rings. The predicted molar refractivity (Wildman–Crippen MR) is 103 cm³/mol. The molecule has 2 heterocycles. The van der Waals surface area contributed by atoms with Crippen molar-refractivity contribution in [2.24, 2.45) is 0 Å². The number of likely N-dealkylation sites (N-methyl/N-ethyl adjacent to an activating group) is 1. The van der Waals surface area contributed by atoms with E-state index in [2.05, 4.69) is 34.9 Å². The summed E-state index contributed by atoms with van der Waals surface area (Å²) in [5.74, 6) is -0.0188. The number of thiocarbonyl (C=S) groups is 1. The minimum Gasteiger partial charge on any atom is -0.350 e. The Morgan fingerprint density at radius 3 is 2.54 bits per heavy atom. The molecule has 0 saturated carbocycles. The quantitative estimate of drug-likeness (QED) is 0.828. The molecule has 124 valence electrons. The topological polar surface area (TPSA) is 44.4 Å². The van der Waals surface area contributed by atoms with E-state index in [4.69, 9.17) is 12.2 Å². The molecule has 0 radical (unpaired) electrons. The van der Waals surface area contributed by atoms with E-state index in [1.165, 1.54) is 10.4 Å². The van der Waals surface area contributed by atoms with Crippen molar-refractivity contribution in [1.82, 2.24) is 15.5 Å². The maximum absolute atomic E-state index is 12.6. The molecule has 3 rings (SSSR count). The average molecular weight is 358 g/mol. The molecule has 1 aromatic heterocycles. The van der Waals surface area contributed by atoms with E-state index in [0.717, 1.165) is 10.6 Å². The number of carbonyl (C=O) groups excluding carboxylic acids is 1. The first-order valence-corrected chi connectivity index (χ1v) is 8.85. The summed E-state index contributed by atoms with van der Waals surface area (Å²) in [5, 5.41) is 6.84. The maximum atomic E-state index is 12.6. The maximum Gasteiger partial charge on any atom is 0.253 e. The number of amides is 1. The number of nitrogens with zero attached hydrogens (tertiary/aromatic N) is 1. The van der Waals surface area contributed by atoms with Crippen molar-refractivity contribution in [3.8, 4) is 10.4 Å². The molecule has 0 aliphatic carbocycles. The molecule has 0 saturated heterocycles. The average Bonchev–Trinajstić information content (AvgIpc) is 3.04. The summed E-state index contributed by atoms with van der Waals surface area (Å²) in [6.07, 6.45) is 0. The summed E-state index contributed by atoms with van der Waals surface area (Å²) >= 11 is 6.96. The Morgan fingerprint density at radius 1 is 1.17 bits per heavy atom. The zero-order valence-electron chi connectivity index (χ0n) is 13.8. The lowest BCUT2D eigenvalue weighted by atomic mass is 10.0. The second-order valence-electron chi connectivity index (χ2n) is 5.84. The predicted octanol–water partition coefficient (Wildman–Crippen LogP) is 3.30. The van der Waals surface area contributed by atoms with Gasteiger partial charge in [-0.15, -0.1) is 11.3 Å². The van der Waals surface area contributed by atoms with Crippen molar-refractivity contribution >= 4 is 34.6 Å². The third kappa shape index (κ3) is 3.20. The first-order chi connectivity index (χ1) is 11.5. The fraction of sp³-hybridized carbons (Fsp3) is 0.222. The van der Waals surface area contributed by atoms with Crippen LogP contribution in [-0.4, -0.2) is 30.0 Å². The standard InChI is InChI=1S/C18H19N3OS2/c1-11-15(17(22)21(2)3)16(20-18(23)19-11)14-10-9-13(24-14)12-7-5-4-6-8-12/h4-10,16H,1-3H3,(H2,19,20,23). The van der Waals surface area contributed by atoms with Gasteiger partial charge in [0, 0.05) is 29.5 Å². The summed E-state index contributed by atoms with van der Waals surface area (Å²) in [5.41, 5.74) is 2.68. The monoisotopic (exact) mass is 357 g/mol. The van der Waals surface area contributed by atoms with Gasteiger partial charge in [-0.05, 0) is 36.8 Å². The molecule has 0 bridgehead atoms. The third-order valence-corrected chi connectivity index (χ3v) is 5.29. The van der Waals surface area contributed by atoms with E-state index in [9.17, 15) is 4.79 Å². The first-order valence-electron chi connectivity index (χ1n) is 7.62. The number of rotatable bonds is 3. The molecule has 2 N–H and O–H groups in total. The van der Waals surface area contributed by atoms with Crippen LogP contribution in [-0.2, 0) is 4.79 Å². The van der Waals surface area contributed by atoms with E-state index in [-0.39, 0.29) is 11.9 Å². The van der Waals surface area contributed by atoms with Gasteiger partial charge in [0.05, 0.1) is 11.6 Å². The highest BCUT2D eigenvalue weighted by atomic mass is 32.1. The Labute approximate surface area is 151 Å². The van der Waals surface area contributed by atoms with Crippen LogP contribution in [0.3, 0.4) is 0 Å². The molecular formula is C18H19N3OS2. The van der Waals surface area contributed by atoms with E-state index >= 15 is 0 Å². The molecule has 1 aliphatic rings. The van der Waals surface area contributed by atoms with Crippen LogP contribution in [0.25, 0.3) is 10.4 Å². The zero-order chi connectivity index (χ0) is 17.3. The Bertz CT molecular complexity index is 809. The van der Waals surface area contributed by atoms with Gasteiger partial charge in [0.15, 0.2) is 5.11 Å². The Morgan fingerprint density at radius 2 is 1.88 bits per heavy atom. The summed E-state index contributed by atoms with van der Waals surface area (Å²) in [7, 11) is 3.52. The summed E-state index contributed by atoms with van der Waals surface area (Å²) in [6, 6.07) is 14.2. The minimum atomic E-state index is -0.226. The molecular weight excluding hydrogens is 338 g/mol. The number of carbonyl (C=O) groups is 1. The van der Waals surface area contributed by atoms with Gasteiger partial charge in [-0.25, -0.2) is 0 Å². The van der Waals surface area contributed by atoms with Crippen molar-refractivity contribution in [2.45, 2.75) is 13.0 Å². The highest BCUT2D eigenvalue weighted by Gasteiger charge is 2.31. The minimum absolute atomic E-state index is 0.0188. The molecule has 6 heteroatoms. The highest BCUT2D eigenvalue weighted by Crippen LogP contribution is 2.36. The molecule has 1 aliphatic heterocycles. The lowest BCUT2D eigenvalue weighted by Crippen LogP contribution is -2.46. The lowest BCUT2D eigenvalue weighted by Gasteiger charge is -2.30. The van der Waals surface area contributed by atoms with Crippen LogP contribution < -0.4 is 10.6 Å². The fourth-order valence-corrected chi connectivity index (χ4v) is 4.04. The van der Waals surface area contributed by atoms with Gasteiger partial charge in [-0.2, -0.15) is 0 Å². The Balaban J connectivity index is 2.00. The molecule has 2 aromatic rings. The van der Waals surface area contributed by atoms with Crippen molar-refractivity contribution in [3.05, 3.63) is 58.6 Å². The smallest absolute Gasteiger partial charge is 0.253 e. The van der Waals surface area contributed by atoms with E-state index in [1.807, 2.05) is 25.1 Å². The van der Waals surface area contributed by atoms with Crippen LogP contribution >= 0.6 is 23.6 Å². The fourth-order valence-electron chi connectivity index (χ4n) is 2.70. The summed E-state index contributed by atoms with van der Waals surface area (Å²) in [4.78, 5) is 16.5. The van der Waals surface area contributed by atoms with E-state index in [0.29, 0.717) is 10.7 Å². The summed E-state index contributed by atoms with van der Waals surface area (Å²) < 4.78 is 0. The van der Waals surface area contributed by atoms with Crippen molar-refractivity contribution in [2.75, 3.05) is 14.1 Å². The number of allylic oxidation sites excluding steroid dienone is 1. The molecule has 4 nitrogen and oxygen atoms in total. The molecule has 1 unspecified atom stereocenters. The van der Waals surface area contributed by atoms with Gasteiger partial charge >= 0.3 is 0 Å². The van der Waals surface area contributed by atoms with Gasteiger partial charge in [0.2, 0.25) is 0 Å². The van der Waals surface area contributed by atoms with Crippen molar-refractivity contribution < 1.29 is 4.79 Å². The Hall–Kier alpha value is -2.18. The van der Waals surface area contributed by atoms with Crippen LogP contribution in [0.15, 0.2) is 53.7 Å².